The summed E-state index contributed by atoms with van der Waals surface area (Å²) in [6.07, 6.45) is -3.49. The van der Waals surface area contributed by atoms with Crippen LogP contribution in [0.3, 0.4) is 0 Å². The van der Waals surface area contributed by atoms with Crippen molar-refractivity contribution in [3.63, 3.8) is 0 Å². The Bertz CT molecular complexity index is 995. The average Bonchev–Trinajstić information content (AvgIpc) is 2.92. The molecule has 0 bridgehead atoms. The average molecular weight is 390 g/mol. The molecule has 28 heavy (non-hydrogen) atoms. The summed E-state index contributed by atoms with van der Waals surface area (Å²) in [5.74, 6) is -1.49. The fourth-order valence-corrected chi connectivity index (χ4v) is 2.78. The molecule has 0 radical (unpaired) electrons. The third-order valence-corrected chi connectivity index (χ3v) is 3.97. The van der Waals surface area contributed by atoms with Crippen LogP contribution in [-0.4, -0.2) is 23.3 Å². The number of alkyl halides is 3. The van der Waals surface area contributed by atoms with Gasteiger partial charge in [0.05, 0.1) is 23.3 Å². The van der Waals surface area contributed by atoms with Crippen molar-refractivity contribution in [2.45, 2.75) is 26.9 Å². The van der Waals surface area contributed by atoms with Gasteiger partial charge in [-0.15, -0.1) is 0 Å². The number of aromatic nitrogens is 1. The molecule has 0 unspecified atom stereocenters. The van der Waals surface area contributed by atoms with E-state index in [1.165, 1.54) is 12.1 Å². The minimum atomic E-state index is -4.55. The molecule has 8 heteroatoms. The Kier molecular flexibility index (Phi) is 6.09. The zero-order chi connectivity index (χ0) is 21.1. The first-order valence-corrected chi connectivity index (χ1v) is 8.30. The summed E-state index contributed by atoms with van der Waals surface area (Å²) in [5.41, 5.74) is -0.516. The molecule has 1 N–H and O–H groups in total. The van der Waals surface area contributed by atoms with Crippen LogP contribution in [0.4, 0.5) is 13.2 Å². The number of nitriles is 1. The number of carbonyl (C=O) groups is 2. The zero-order valence-corrected chi connectivity index (χ0v) is 15.4. The Labute approximate surface area is 159 Å². The topological polar surface area (TPSA) is 83.0 Å². The first kappa shape index (κ1) is 21.0. The third-order valence-electron chi connectivity index (χ3n) is 3.97. The van der Waals surface area contributed by atoms with Crippen molar-refractivity contribution in [1.82, 2.24) is 4.98 Å². The molecule has 1 aromatic carbocycles. The van der Waals surface area contributed by atoms with Gasteiger partial charge in [-0.05, 0) is 44.5 Å². The molecule has 0 saturated heterocycles. The quantitative estimate of drug-likeness (QED) is 0.350. The van der Waals surface area contributed by atoms with E-state index < -0.39 is 29.1 Å². The van der Waals surface area contributed by atoms with Crippen molar-refractivity contribution in [2.24, 2.45) is 0 Å². The molecular weight excluding hydrogens is 373 g/mol. The number of hydrogen-bond donors (Lipinski definition) is 1. The molecule has 0 aliphatic carbocycles. The number of rotatable bonds is 5. The fraction of sp³-hybridized carbons (Fsp3) is 0.250. The highest BCUT2D eigenvalue weighted by atomic mass is 19.4. The van der Waals surface area contributed by atoms with E-state index >= 15 is 0 Å². The molecule has 0 spiro atoms. The molecule has 0 atom stereocenters. The second-order valence-electron chi connectivity index (χ2n) is 5.97. The number of aryl methyl sites for hydroxylation is 2. The van der Waals surface area contributed by atoms with Gasteiger partial charge in [-0.3, -0.25) is 4.79 Å². The highest BCUT2D eigenvalue weighted by molar-refractivity contribution is 6.19. The maximum Gasteiger partial charge on any atom is 0.416 e. The summed E-state index contributed by atoms with van der Waals surface area (Å²) in [6.45, 7) is 4.85. The van der Waals surface area contributed by atoms with Crippen LogP contribution >= 0.6 is 0 Å². The van der Waals surface area contributed by atoms with Crippen LogP contribution in [0, 0.1) is 25.2 Å². The van der Waals surface area contributed by atoms with Gasteiger partial charge in [0, 0.05) is 11.4 Å². The number of halogens is 3. The predicted molar refractivity (Wildman–Crippen MR) is 95.6 cm³/mol. The number of carbonyl (C=O) groups excluding carboxylic acids is 2. The van der Waals surface area contributed by atoms with Crippen molar-refractivity contribution in [1.29, 1.82) is 5.26 Å². The van der Waals surface area contributed by atoms with Gasteiger partial charge in [0.1, 0.15) is 11.6 Å². The Morgan fingerprint density at radius 3 is 2.43 bits per heavy atom. The summed E-state index contributed by atoms with van der Waals surface area (Å²) < 4.78 is 43.6. The van der Waals surface area contributed by atoms with E-state index in [1.54, 1.807) is 26.8 Å². The Morgan fingerprint density at radius 2 is 1.86 bits per heavy atom. The van der Waals surface area contributed by atoms with Crippen molar-refractivity contribution in [3.8, 4) is 6.07 Å². The molecule has 1 heterocycles. The number of allylic oxidation sites excluding steroid dienone is 1. The molecule has 0 aliphatic rings. The van der Waals surface area contributed by atoms with Gasteiger partial charge in [-0.2, -0.15) is 18.4 Å². The number of aromatic amines is 1. The van der Waals surface area contributed by atoms with Crippen molar-refractivity contribution < 1.29 is 27.5 Å². The molecule has 1 aromatic heterocycles. The first-order chi connectivity index (χ1) is 13.1. The maximum atomic E-state index is 12.9. The van der Waals surface area contributed by atoms with Gasteiger partial charge in [0.15, 0.2) is 0 Å². The number of nitrogens with one attached hydrogen (secondary N) is 1. The van der Waals surface area contributed by atoms with Crippen LogP contribution in [0.15, 0.2) is 29.8 Å². The van der Waals surface area contributed by atoms with E-state index in [1.807, 2.05) is 0 Å². The lowest BCUT2D eigenvalue weighted by Gasteiger charge is -2.08. The molecule has 0 saturated carbocycles. The minimum Gasteiger partial charge on any atom is -0.462 e. The lowest BCUT2D eigenvalue weighted by atomic mass is 9.97. The van der Waals surface area contributed by atoms with Crippen molar-refractivity contribution in [2.75, 3.05) is 6.61 Å². The number of ketones is 1. The predicted octanol–water partition coefficient (Wildman–Crippen LogP) is 4.62. The van der Waals surface area contributed by atoms with Crippen LogP contribution in [-0.2, 0) is 10.9 Å². The van der Waals surface area contributed by atoms with Gasteiger partial charge in [0.2, 0.25) is 5.78 Å². The molecule has 2 aromatic rings. The number of H-pyrrole nitrogens is 1. The highest BCUT2D eigenvalue weighted by Gasteiger charge is 2.31. The maximum absolute atomic E-state index is 12.9. The fourth-order valence-electron chi connectivity index (χ4n) is 2.78. The number of Topliss-reactive ketones (excluding diaryl/α,β-unsaturated/α-hetero) is 1. The molecular formula is C20H17F3N2O3. The van der Waals surface area contributed by atoms with E-state index in [9.17, 15) is 28.0 Å². The number of ether oxygens (including phenoxy) is 1. The zero-order valence-electron chi connectivity index (χ0n) is 15.4. The normalized spacial score (nSPS) is 11.8. The SMILES string of the molecule is CCOC(=O)c1c(C)[nH]c(C)c1C(=O)C(C#N)=Cc1cccc(C(F)(F)F)c1. The van der Waals surface area contributed by atoms with Crippen LogP contribution in [0.25, 0.3) is 6.08 Å². The van der Waals surface area contributed by atoms with Gasteiger partial charge in [0.25, 0.3) is 0 Å². The molecule has 0 amide bonds. The summed E-state index contributed by atoms with van der Waals surface area (Å²) in [7, 11) is 0. The molecule has 5 nitrogen and oxygen atoms in total. The van der Waals surface area contributed by atoms with Crippen molar-refractivity contribution >= 4 is 17.8 Å². The van der Waals surface area contributed by atoms with Crippen LogP contribution < -0.4 is 0 Å². The Balaban J connectivity index is 2.53. The Morgan fingerprint density at radius 1 is 1.21 bits per heavy atom. The standard InChI is InChI=1S/C20H17F3N2O3/c1-4-28-19(27)17-12(3)25-11(2)16(17)18(26)14(10-24)8-13-6-5-7-15(9-13)20(21,22)23/h5-9,25H,4H2,1-3H3. The van der Waals surface area contributed by atoms with E-state index in [4.69, 9.17) is 4.74 Å². The van der Waals surface area contributed by atoms with Crippen molar-refractivity contribution in [3.05, 3.63) is 63.5 Å². The van der Waals surface area contributed by atoms with Gasteiger partial charge < -0.3 is 9.72 Å². The van der Waals surface area contributed by atoms with Crippen LogP contribution in [0.5, 0.6) is 0 Å². The molecule has 146 valence electrons. The third kappa shape index (κ3) is 4.31. The first-order valence-electron chi connectivity index (χ1n) is 8.30. The lowest BCUT2D eigenvalue weighted by molar-refractivity contribution is -0.137. The lowest BCUT2D eigenvalue weighted by Crippen LogP contribution is -2.13. The summed E-state index contributed by atoms with van der Waals surface area (Å²) in [4.78, 5) is 28.0. The largest absolute Gasteiger partial charge is 0.462 e. The van der Waals surface area contributed by atoms with Gasteiger partial charge in [-0.25, -0.2) is 4.79 Å². The molecule has 0 aliphatic heterocycles. The molecule has 0 fully saturated rings. The second kappa shape index (κ2) is 8.13. The highest BCUT2D eigenvalue weighted by Crippen LogP contribution is 2.30. The smallest absolute Gasteiger partial charge is 0.416 e. The van der Waals surface area contributed by atoms with Gasteiger partial charge in [-0.1, -0.05) is 12.1 Å². The second-order valence-corrected chi connectivity index (χ2v) is 5.97. The van der Waals surface area contributed by atoms with Crippen LogP contribution in [0.2, 0.25) is 0 Å². The summed E-state index contributed by atoms with van der Waals surface area (Å²) in [6, 6.07) is 5.97. The van der Waals surface area contributed by atoms with Crippen LogP contribution in [0.1, 0.15) is 50.2 Å². The minimum absolute atomic E-state index is 0.00884. The Hall–Kier alpha value is -3.34. The molecule has 2 rings (SSSR count). The number of esters is 1. The van der Waals surface area contributed by atoms with E-state index in [2.05, 4.69) is 4.98 Å². The number of hydrogen-bond acceptors (Lipinski definition) is 4. The monoisotopic (exact) mass is 390 g/mol. The summed E-state index contributed by atoms with van der Waals surface area (Å²) >= 11 is 0. The van der Waals surface area contributed by atoms with E-state index in [0.717, 1.165) is 18.2 Å². The summed E-state index contributed by atoms with van der Waals surface area (Å²) in [5, 5.41) is 9.39. The number of nitrogens with zero attached hydrogens (tertiary/aromatic N) is 1. The van der Waals surface area contributed by atoms with E-state index in [-0.39, 0.29) is 23.3 Å². The number of benzene rings is 1. The van der Waals surface area contributed by atoms with E-state index in [0.29, 0.717) is 11.4 Å². The van der Waals surface area contributed by atoms with Gasteiger partial charge >= 0.3 is 12.1 Å².